The van der Waals surface area contributed by atoms with E-state index in [2.05, 4.69) is 31.3 Å². The highest BCUT2D eigenvalue weighted by atomic mass is 32.1. The molecule has 1 N–H and O–H groups in total. The van der Waals surface area contributed by atoms with Gasteiger partial charge in [-0.1, -0.05) is 26.2 Å². The fraction of sp³-hybridized carbons (Fsp3) is 0.714. The summed E-state index contributed by atoms with van der Waals surface area (Å²) in [7, 11) is 0. The Kier molecular flexibility index (Phi) is 4.04. The van der Waals surface area contributed by atoms with Crippen molar-refractivity contribution < 1.29 is 0 Å². The van der Waals surface area contributed by atoms with Gasteiger partial charge in [0.05, 0.1) is 5.54 Å². The Bertz CT molecular complexity index is 321. The molecular formula is C14H23NS. The minimum absolute atomic E-state index is 0.296. The molecule has 2 rings (SSSR count). The number of rotatable bonds is 3. The van der Waals surface area contributed by atoms with Crippen LogP contribution >= 0.6 is 11.3 Å². The molecule has 0 radical (unpaired) electrons. The molecule has 0 bridgehead atoms. The monoisotopic (exact) mass is 237 g/mol. The molecule has 0 amide bonds. The van der Waals surface area contributed by atoms with Crippen LogP contribution in [0.3, 0.4) is 0 Å². The van der Waals surface area contributed by atoms with Crippen LogP contribution in [0.15, 0.2) is 12.1 Å². The van der Waals surface area contributed by atoms with Crippen molar-refractivity contribution in [3.8, 4) is 0 Å². The lowest BCUT2D eigenvalue weighted by molar-refractivity contribution is 0.303. The summed E-state index contributed by atoms with van der Waals surface area (Å²) in [6, 6.07) is 4.61. The van der Waals surface area contributed by atoms with Gasteiger partial charge in [-0.15, -0.1) is 11.3 Å². The van der Waals surface area contributed by atoms with E-state index in [1.54, 1.807) is 4.88 Å². The molecule has 0 spiro atoms. The molecule has 2 heteroatoms. The molecule has 90 valence electrons. The number of hydrogen-bond acceptors (Lipinski definition) is 2. The van der Waals surface area contributed by atoms with Gasteiger partial charge in [0.15, 0.2) is 0 Å². The summed E-state index contributed by atoms with van der Waals surface area (Å²) in [5.74, 6) is 0. The van der Waals surface area contributed by atoms with E-state index in [0.717, 1.165) is 0 Å². The molecule has 1 unspecified atom stereocenters. The molecule has 2 heterocycles. The van der Waals surface area contributed by atoms with Crippen LogP contribution in [0.4, 0.5) is 0 Å². The summed E-state index contributed by atoms with van der Waals surface area (Å²) in [5.41, 5.74) is 0.296. The Morgan fingerprint density at radius 3 is 2.88 bits per heavy atom. The van der Waals surface area contributed by atoms with Crippen molar-refractivity contribution in [3.05, 3.63) is 21.9 Å². The number of aryl methyl sites for hydroxylation is 1. The molecular weight excluding hydrogens is 214 g/mol. The van der Waals surface area contributed by atoms with E-state index < -0.39 is 0 Å². The lowest BCUT2D eigenvalue weighted by Gasteiger charge is -2.33. The fourth-order valence-corrected chi connectivity index (χ4v) is 3.90. The molecule has 0 aromatic carbocycles. The van der Waals surface area contributed by atoms with Gasteiger partial charge >= 0.3 is 0 Å². The first-order valence-electron chi connectivity index (χ1n) is 6.59. The predicted molar refractivity (Wildman–Crippen MR) is 72.1 cm³/mol. The van der Waals surface area contributed by atoms with Crippen molar-refractivity contribution in [2.24, 2.45) is 0 Å². The standard InChI is InChI=1S/C14H23NS/c1-3-9-14(10-5-4-6-11-15-14)13-8-7-12(2)16-13/h7-8,15H,3-6,9-11H2,1-2H3. The third-order valence-corrected chi connectivity index (χ3v) is 4.84. The Hall–Kier alpha value is -0.340. The molecule has 0 aliphatic carbocycles. The van der Waals surface area contributed by atoms with Gasteiger partial charge in [0.25, 0.3) is 0 Å². The van der Waals surface area contributed by atoms with Crippen molar-refractivity contribution in [1.82, 2.24) is 5.32 Å². The summed E-state index contributed by atoms with van der Waals surface area (Å²) in [6.07, 6.45) is 7.99. The predicted octanol–water partition coefficient (Wildman–Crippen LogP) is 4.22. The number of thiophene rings is 1. The molecule has 1 saturated heterocycles. The maximum absolute atomic E-state index is 3.84. The van der Waals surface area contributed by atoms with E-state index in [1.807, 2.05) is 11.3 Å². The highest BCUT2D eigenvalue weighted by Crippen LogP contribution is 2.37. The third kappa shape index (κ3) is 2.49. The Morgan fingerprint density at radius 1 is 1.31 bits per heavy atom. The van der Waals surface area contributed by atoms with Gasteiger partial charge in [-0.3, -0.25) is 0 Å². The molecule has 1 fully saturated rings. The topological polar surface area (TPSA) is 12.0 Å². The van der Waals surface area contributed by atoms with Crippen LogP contribution in [0.5, 0.6) is 0 Å². The zero-order valence-corrected chi connectivity index (χ0v) is 11.3. The SMILES string of the molecule is CCCC1(c2ccc(C)s2)CCCCCN1. The molecule has 1 aromatic heterocycles. The van der Waals surface area contributed by atoms with E-state index in [-0.39, 0.29) is 0 Å². The van der Waals surface area contributed by atoms with E-state index in [0.29, 0.717) is 5.54 Å². The smallest absolute Gasteiger partial charge is 0.0528 e. The summed E-state index contributed by atoms with van der Waals surface area (Å²) >= 11 is 1.98. The zero-order chi connectivity index (χ0) is 11.4. The summed E-state index contributed by atoms with van der Waals surface area (Å²) < 4.78 is 0. The van der Waals surface area contributed by atoms with E-state index in [4.69, 9.17) is 0 Å². The fourth-order valence-electron chi connectivity index (χ4n) is 2.81. The first-order chi connectivity index (χ1) is 7.77. The van der Waals surface area contributed by atoms with E-state index in [1.165, 1.54) is 49.9 Å². The minimum Gasteiger partial charge on any atom is -0.307 e. The van der Waals surface area contributed by atoms with Crippen LogP contribution in [-0.4, -0.2) is 6.54 Å². The van der Waals surface area contributed by atoms with Gasteiger partial charge in [0, 0.05) is 9.75 Å². The molecule has 1 aliphatic heterocycles. The zero-order valence-electron chi connectivity index (χ0n) is 10.5. The van der Waals surface area contributed by atoms with Crippen molar-refractivity contribution in [2.45, 2.75) is 57.9 Å². The van der Waals surface area contributed by atoms with Crippen molar-refractivity contribution in [1.29, 1.82) is 0 Å². The largest absolute Gasteiger partial charge is 0.307 e. The van der Waals surface area contributed by atoms with Gasteiger partial charge in [0.1, 0.15) is 0 Å². The Labute approximate surface area is 103 Å². The summed E-state index contributed by atoms with van der Waals surface area (Å²) in [4.78, 5) is 3.00. The molecule has 16 heavy (non-hydrogen) atoms. The average Bonchev–Trinajstić information content (AvgIpc) is 2.57. The molecule has 0 saturated carbocycles. The van der Waals surface area contributed by atoms with Gasteiger partial charge in [-0.05, 0) is 44.9 Å². The van der Waals surface area contributed by atoms with E-state index in [9.17, 15) is 0 Å². The number of nitrogens with one attached hydrogen (secondary N) is 1. The van der Waals surface area contributed by atoms with Gasteiger partial charge in [-0.2, -0.15) is 0 Å². The summed E-state index contributed by atoms with van der Waals surface area (Å²) in [5, 5.41) is 3.84. The second-order valence-corrected chi connectivity index (χ2v) is 6.27. The van der Waals surface area contributed by atoms with Crippen LogP contribution in [0.2, 0.25) is 0 Å². The highest BCUT2D eigenvalue weighted by Gasteiger charge is 2.32. The van der Waals surface area contributed by atoms with Crippen LogP contribution in [0, 0.1) is 6.92 Å². The van der Waals surface area contributed by atoms with Gasteiger partial charge < -0.3 is 5.32 Å². The van der Waals surface area contributed by atoms with Gasteiger partial charge in [-0.25, -0.2) is 0 Å². The normalized spacial score (nSPS) is 26.6. The van der Waals surface area contributed by atoms with Crippen LogP contribution < -0.4 is 5.32 Å². The van der Waals surface area contributed by atoms with Crippen LogP contribution in [-0.2, 0) is 5.54 Å². The summed E-state index contributed by atoms with van der Waals surface area (Å²) in [6.45, 7) is 5.70. The van der Waals surface area contributed by atoms with Crippen LogP contribution in [0.25, 0.3) is 0 Å². The van der Waals surface area contributed by atoms with Crippen molar-refractivity contribution in [2.75, 3.05) is 6.54 Å². The minimum atomic E-state index is 0.296. The maximum Gasteiger partial charge on any atom is 0.0528 e. The molecule has 1 nitrogen and oxygen atoms in total. The first kappa shape index (κ1) is 12.1. The Morgan fingerprint density at radius 2 is 2.19 bits per heavy atom. The third-order valence-electron chi connectivity index (χ3n) is 3.63. The van der Waals surface area contributed by atoms with Crippen LogP contribution in [0.1, 0.15) is 55.2 Å². The van der Waals surface area contributed by atoms with E-state index >= 15 is 0 Å². The maximum atomic E-state index is 3.84. The molecule has 1 atom stereocenters. The second kappa shape index (κ2) is 5.33. The molecule has 1 aliphatic rings. The van der Waals surface area contributed by atoms with Crippen molar-refractivity contribution >= 4 is 11.3 Å². The lowest BCUT2D eigenvalue weighted by Crippen LogP contribution is -2.41. The number of hydrogen-bond donors (Lipinski definition) is 1. The average molecular weight is 237 g/mol. The van der Waals surface area contributed by atoms with Gasteiger partial charge in [0.2, 0.25) is 0 Å². The van der Waals surface area contributed by atoms with Crippen molar-refractivity contribution in [3.63, 3.8) is 0 Å². The molecule has 1 aromatic rings. The quantitative estimate of drug-likeness (QED) is 0.830. The highest BCUT2D eigenvalue weighted by molar-refractivity contribution is 7.12. The first-order valence-corrected chi connectivity index (χ1v) is 7.40. The lowest BCUT2D eigenvalue weighted by atomic mass is 9.87. The second-order valence-electron chi connectivity index (χ2n) is 4.98. The Balaban J connectivity index is 2.25.